The van der Waals surface area contributed by atoms with Crippen LogP contribution in [0.1, 0.15) is 27.9 Å². The third-order valence-corrected chi connectivity index (χ3v) is 5.04. The lowest BCUT2D eigenvalue weighted by molar-refractivity contribution is -0.00602. The SMILES string of the molecule is Cc1ccccc1-c1nc(C(=O)N2CCOCC2c2ncon2)cs1. The average Bonchev–Trinajstić information content (AvgIpc) is 3.34. The molecule has 1 saturated heterocycles. The van der Waals surface area contributed by atoms with Crippen molar-refractivity contribution in [2.45, 2.75) is 13.0 Å². The number of nitrogens with zero attached hydrogens (tertiary/aromatic N) is 4. The second-order valence-corrected chi connectivity index (χ2v) is 6.59. The zero-order valence-corrected chi connectivity index (χ0v) is 14.4. The molecule has 0 radical (unpaired) electrons. The molecule has 1 fully saturated rings. The lowest BCUT2D eigenvalue weighted by Gasteiger charge is -2.33. The Morgan fingerprint density at radius 3 is 3.04 bits per heavy atom. The van der Waals surface area contributed by atoms with E-state index in [2.05, 4.69) is 15.1 Å². The summed E-state index contributed by atoms with van der Waals surface area (Å²) >= 11 is 1.47. The van der Waals surface area contributed by atoms with Crippen molar-refractivity contribution in [3.05, 3.63) is 53.1 Å². The normalized spacial score (nSPS) is 17.6. The van der Waals surface area contributed by atoms with Gasteiger partial charge in [-0.05, 0) is 12.5 Å². The number of carbonyl (C=O) groups is 1. The van der Waals surface area contributed by atoms with E-state index in [0.29, 0.717) is 31.3 Å². The summed E-state index contributed by atoms with van der Waals surface area (Å²) in [5.41, 5.74) is 2.61. The van der Waals surface area contributed by atoms with Gasteiger partial charge in [0.15, 0.2) is 5.82 Å². The molecule has 4 rings (SSSR count). The van der Waals surface area contributed by atoms with E-state index in [1.807, 2.05) is 31.2 Å². The summed E-state index contributed by atoms with van der Waals surface area (Å²) < 4.78 is 10.3. The first-order valence-corrected chi connectivity index (χ1v) is 8.78. The van der Waals surface area contributed by atoms with Crippen molar-refractivity contribution in [1.82, 2.24) is 20.0 Å². The summed E-state index contributed by atoms with van der Waals surface area (Å²) in [7, 11) is 0. The van der Waals surface area contributed by atoms with Crippen molar-refractivity contribution in [1.29, 1.82) is 0 Å². The molecule has 0 spiro atoms. The number of benzene rings is 1. The highest BCUT2D eigenvalue weighted by atomic mass is 32.1. The van der Waals surface area contributed by atoms with Crippen molar-refractivity contribution in [3.8, 4) is 10.6 Å². The molecular formula is C17H16N4O3S. The Morgan fingerprint density at radius 2 is 2.24 bits per heavy atom. The van der Waals surface area contributed by atoms with Crippen LogP contribution in [0.5, 0.6) is 0 Å². The van der Waals surface area contributed by atoms with Crippen LogP contribution in [0, 0.1) is 6.92 Å². The topological polar surface area (TPSA) is 81.4 Å². The predicted molar refractivity (Wildman–Crippen MR) is 91.2 cm³/mol. The molecule has 0 saturated carbocycles. The number of hydrogen-bond acceptors (Lipinski definition) is 7. The van der Waals surface area contributed by atoms with Gasteiger partial charge in [-0.25, -0.2) is 4.98 Å². The van der Waals surface area contributed by atoms with Crippen LogP contribution in [0.25, 0.3) is 10.6 Å². The number of thiazole rings is 1. The van der Waals surface area contributed by atoms with Gasteiger partial charge >= 0.3 is 0 Å². The maximum atomic E-state index is 13.0. The molecule has 0 aliphatic carbocycles. The smallest absolute Gasteiger partial charge is 0.274 e. The van der Waals surface area contributed by atoms with Crippen LogP contribution in [0.15, 0.2) is 40.6 Å². The largest absolute Gasteiger partial charge is 0.377 e. The van der Waals surface area contributed by atoms with Gasteiger partial charge in [-0.15, -0.1) is 11.3 Å². The molecule has 3 heterocycles. The molecule has 2 aromatic heterocycles. The van der Waals surface area contributed by atoms with Gasteiger partial charge in [0.2, 0.25) is 6.39 Å². The fraction of sp³-hybridized carbons (Fsp3) is 0.294. The minimum Gasteiger partial charge on any atom is -0.377 e. The fourth-order valence-corrected chi connectivity index (χ4v) is 3.73. The molecule has 128 valence electrons. The zero-order valence-electron chi connectivity index (χ0n) is 13.6. The number of rotatable bonds is 3. The van der Waals surface area contributed by atoms with Crippen molar-refractivity contribution in [2.75, 3.05) is 19.8 Å². The highest BCUT2D eigenvalue weighted by molar-refractivity contribution is 7.13. The van der Waals surface area contributed by atoms with Crippen molar-refractivity contribution in [2.24, 2.45) is 0 Å². The van der Waals surface area contributed by atoms with Gasteiger partial charge in [0.25, 0.3) is 5.91 Å². The molecule has 0 bridgehead atoms. The Labute approximate surface area is 148 Å². The third kappa shape index (κ3) is 3.06. The van der Waals surface area contributed by atoms with Crippen LogP contribution in [0.3, 0.4) is 0 Å². The molecule has 1 atom stereocenters. The number of ether oxygens (including phenoxy) is 1. The number of carbonyl (C=O) groups excluding carboxylic acids is 1. The fourth-order valence-electron chi connectivity index (χ4n) is 2.84. The van der Waals surface area contributed by atoms with E-state index in [9.17, 15) is 4.79 Å². The highest BCUT2D eigenvalue weighted by Gasteiger charge is 2.33. The Bertz CT molecular complexity index is 878. The summed E-state index contributed by atoms with van der Waals surface area (Å²) in [6.45, 7) is 3.33. The van der Waals surface area contributed by atoms with Crippen LogP contribution < -0.4 is 0 Å². The summed E-state index contributed by atoms with van der Waals surface area (Å²) in [5.74, 6) is 0.302. The van der Waals surface area contributed by atoms with Crippen molar-refractivity contribution >= 4 is 17.2 Å². The number of aryl methyl sites for hydroxylation is 1. The lowest BCUT2D eigenvalue weighted by Crippen LogP contribution is -2.44. The minimum absolute atomic E-state index is 0.144. The first kappa shape index (κ1) is 15.9. The quantitative estimate of drug-likeness (QED) is 0.718. The van der Waals surface area contributed by atoms with Gasteiger partial charge in [-0.2, -0.15) is 4.98 Å². The summed E-state index contributed by atoms with van der Waals surface area (Å²) in [4.78, 5) is 23.3. The monoisotopic (exact) mass is 356 g/mol. The molecule has 8 heteroatoms. The van der Waals surface area contributed by atoms with E-state index in [-0.39, 0.29) is 11.9 Å². The predicted octanol–water partition coefficient (Wildman–Crippen LogP) is 2.72. The van der Waals surface area contributed by atoms with Crippen LogP contribution >= 0.6 is 11.3 Å². The summed E-state index contributed by atoms with van der Waals surface area (Å²) in [5, 5.41) is 6.49. The molecule has 1 amide bonds. The van der Waals surface area contributed by atoms with Crippen LogP contribution in [-0.4, -0.2) is 45.7 Å². The van der Waals surface area contributed by atoms with Gasteiger partial charge in [0.05, 0.1) is 13.2 Å². The van der Waals surface area contributed by atoms with Gasteiger partial charge in [-0.1, -0.05) is 29.4 Å². The van der Waals surface area contributed by atoms with E-state index in [1.54, 1.807) is 10.3 Å². The molecule has 1 unspecified atom stereocenters. The number of amides is 1. The standard InChI is InChI=1S/C17H16N4O3S/c1-11-4-2-3-5-12(11)16-19-13(9-25-16)17(22)21-6-7-23-8-14(21)15-18-10-24-20-15/h2-5,9-10,14H,6-8H2,1H3. The van der Waals surface area contributed by atoms with Crippen molar-refractivity contribution < 1.29 is 14.1 Å². The zero-order chi connectivity index (χ0) is 17.2. The van der Waals surface area contributed by atoms with Gasteiger partial charge < -0.3 is 14.2 Å². The van der Waals surface area contributed by atoms with Crippen LogP contribution in [0.2, 0.25) is 0 Å². The van der Waals surface area contributed by atoms with E-state index >= 15 is 0 Å². The Kier molecular flexibility index (Phi) is 4.29. The first-order chi connectivity index (χ1) is 12.2. The molecule has 7 nitrogen and oxygen atoms in total. The number of hydrogen-bond donors (Lipinski definition) is 0. The van der Waals surface area contributed by atoms with E-state index in [1.165, 1.54) is 17.7 Å². The Morgan fingerprint density at radius 1 is 1.36 bits per heavy atom. The molecule has 1 aliphatic heterocycles. The van der Waals surface area contributed by atoms with Crippen LogP contribution in [0.4, 0.5) is 0 Å². The summed E-state index contributed by atoms with van der Waals surface area (Å²) in [6.07, 6.45) is 1.26. The van der Waals surface area contributed by atoms with Gasteiger partial charge in [0, 0.05) is 17.5 Å². The minimum atomic E-state index is -0.358. The molecule has 1 aliphatic rings. The third-order valence-electron chi connectivity index (χ3n) is 4.16. The first-order valence-electron chi connectivity index (χ1n) is 7.90. The van der Waals surface area contributed by atoms with E-state index < -0.39 is 0 Å². The second-order valence-electron chi connectivity index (χ2n) is 5.73. The van der Waals surface area contributed by atoms with E-state index in [0.717, 1.165) is 16.1 Å². The Balaban J connectivity index is 1.61. The average molecular weight is 356 g/mol. The van der Waals surface area contributed by atoms with Gasteiger partial charge in [0.1, 0.15) is 16.7 Å². The van der Waals surface area contributed by atoms with Gasteiger partial charge in [-0.3, -0.25) is 4.79 Å². The van der Waals surface area contributed by atoms with E-state index in [4.69, 9.17) is 9.26 Å². The lowest BCUT2D eigenvalue weighted by atomic mass is 10.1. The highest BCUT2D eigenvalue weighted by Crippen LogP contribution is 2.29. The van der Waals surface area contributed by atoms with Crippen molar-refractivity contribution in [3.63, 3.8) is 0 Å². The molecule has 3 aromatic rings. The number of morpholine rings is 1. The maximum absolute atomic E-state index is 13.0. The molecular weight excluding hydrogens is 340 g/mol. The second kappa shape index (κ2) is 6.73. The molecule has 1 aromatic carbocycles. The van der Waals surface area contributed by atoms with Crippen LogP contribution in [-0.2, 0) is 4.74 Å². The molecule has 25 heavy (non-hydrogen) atoms. The maximum Gasteiger partial charge on any atom is 0.274 e. The molecule has 0 N–H and O–H groups in total. The summed E-state index contributed by atoms with van der Waals surface area (Å²) in [6, 6.07) is 7.65. The Hall–Kier alpha value is -2.58. The number of aromatic nitrogens is 3.